The van der Waals surface area contributed by atoms with Crippen molar-refractivity contribution in [3.63, 3.8) is 0 Å². The van der Waals surface area contributed by atoms with E-state index in [0.29, 0.717) is 11.6 Å². The van der Waals surface area contributed by atoms with Crippen LogP contribution >= 0.6 is 0 Å². The Kier molecular flexibility index (Phi) is 3.44. The molecule has 0 aliphatic carbocycles. The van der Waals surface area contributed by atoms with Gasteiger partial charge in [-0.2, -0.15) is 0 Å². The molecule has 0 saturated heterocycles. The summed E-state index contributed by atoms with van der Waals surface area (Å²) in [6.07, 6.45) is 0. The standard InChI is InChI=1S/C11H13NO3/c1-7(2)8-3-5-9(6-4-8)12-10(13)11(14)15/h3-7H,1-2H3,(H,12,13)(H,14,15). The summed E-state index contributed by atoms with van der Waals surface area (Å²) in [7, 11) is 0. The molecule has 1 amide bonds. The minimum atomic E-state index is -1.48. The van der Waals surface area contributed by atoms with Gasteiger partial charge in [-0.05, 0) is 23.6 Å². The zero-order chi connectivity index (χ0) is 11.4. The minimum Gasteiger partial charge on any atom is -0.474 e. The molecule has 15 heavy (non-hydrogen) atoms. The molecule has 0 bridgehead atoms. The number of hydrogen-bond donors (Lipinski definition) is 2. The highest BCUT2D eigenvalue weighted by atomic mass is 16.4. The van der Waals surface area contributed by atoms with Gasteiger partial charge in [0.25, 0.3) is 0 Å². The Bertz CT molecular complexity index is 368. The van der Waals surface area contributed by atoms with E-state index in [4.69, 9.17) is 5.11 Å². The molecule has 0 fully saturated rings. The maximum atomic E-state index is 10.8. The van der Waals surface area contributed by atoms with Crippen LogP contribution in [0.25, 0.3) is 0 Å². The molecule has 1 aromatic rings. The van der Waals surface area contributed by atoms with E-state index >= 15 is 0 Å². The average molecular weight is 207 g/mol. The highest BCUT2D eigenvalue weighted by Gasteiger charge is 2.10. The van der Waals surface area contributed by atoms with Crippen LogP contribution in [0.2, 0.25) is 0 Å². The highest BCUT2D eigenvalue weighted by molar-refractivity contribution is 6.36. The van der Waals surface area contributed by atoms with Crippen LogP contribution in [0.4, 0.5) is 5.69 Å². The summed E-state index contributed by atoms with van der Waals surface area (Å²) in [5, 5.41) is 10.6. The normalized spacial score (nSPS) is 10.1. The van der Waals surface area contributed by atoms with Crippen molar-refractivity contribution in [2.45, 2.75) is 19.8 Å². The fourth-order valence-corrected chi connectivity index (χ4v) is 1.14. The molecule has 2 N–H and O–H groups in total. The van der Waals surface area contributed by atoms with Gasteiger partial charge >= 0.3 is 11.9 Å². The largest absolute Gasteiger partial charge is 0.474 e. The Labute approximate surface area is 87.9 Å². The first-order chi connectivity index (χ1) is 7.00. The van der Waals surface area contributed by atoms with E-state index in [1.54, 1.807) is 12.1 Å². The van der Waals surface area contributed by atoms with Crippen LogP contribution < -0.4 is 5.32 Å². The van der Waals surface area contributed by atoms with Crippen LogP contribution in [0, 0.1) is 0 Å². The van der Waals surface area contributed by atoms with Gasteiger partial charge in [-0.1, -0.05) is 26.0 Å². The molecule has 0 unspecified atom stereocenters. The van der Waals surface area contributed by atoms with Gasteiger partial charge in [-0.3, -0.25) is 4.79 Å². The van der Waals surface area contributed by atoms with Crippen LogP contribution in [0.3, 0.4) is 0 Å². The van der Waals surface area contributed by atoms with E-state index < -0.39 is 11.9 Å². The van der Waals surface area contributed by atoms with Gasteiger partial charge in [0.2, 0.25) is 0 Å². The third-order valence-corrected chi connectivity index (χ3v) is 2.03. The number of carboxylic acids is 1. The van der Waals surface area contributed by atoms with Crippen molar-refractivity contribution in [3.05, 3.63) is 29.8 Å². The summed E-state index contributed by atoms with van der Waals surface area (Å²) < 4.78 is 0. The monoisotopic (exact) mass is 207 g/mol. The van der Waals surface area contributed by atoms with E-state index in [1.165, 1.54) is 0 Å². The number of benzene rings is 1. The first kappa shape index (κ1) is 11.2. The van der Waals surface area contributed by atoms with Crippen LogP contribution in [0.5, 0.6) is 0 Å². The number of hydrogen-bond acceptors (Lipinski definition) is 2. The first-order valence-electron chi connectivity index (χ1n) is 4.65. The first-order valence-corrected chi connectivity index (χ1v) is 4.65. The van der Waals surface area contributed by atoms with Crippen LogP contribution in [0.1, 0.15) is 25.3 Å². The van der Waals surface area contributed by atoms with Crippen molar-refractivity contribution in [1.82, 2.24) is 0 Å². The number of nitrogens with one attached hydrogen (secondary N) is 1. The molecule has 0 atom stereocenters. The van der Waals surface area contributed by atoms with Gasteiger partial charge in [-0.15, -0.1) is 0 Å². The molecule has 0 aromatic heterocycles. The fraction of sp³-hybridized carbons (Fsp3) is 0.273. The molecule has 4 heteroatoms. The van der Waals surface area contributed by atoms with Crippen LogP contribution in [-0.4, -0.2) is 17.0 Å². The molecular weight excluding hydrogens is 194 g/mol. The molecule has 0 aliphatic heterocycles. The maximum Gasteiger partial charge on any atom is 0.394 e. The Balaban J connectivity index is 2.73. The second-order valence-corrected chi connectivity index (χ2v) is 3.54. The Morgan fingerprint density at radius 3 is 2.13 bits per heavy atom. The van der Waals surface area contributed by atoms with Crippen molar-refractivity contribution >= 4 is 17.6 Å². The zero-order valence-electron chi connectivity index (χ0n) is 8.65. The molecule has 0 heterocycles. The molecule has 0 aliphatic rings. The Morgan fingerprint density at radius 2 is 1.73 bits per heavy atom. The number of rotatable bonds is 2. The van der Waals surface area contributed by atoms with Gasteiger partial charge in [-0.25, -0.2) is 4.79 Å². The second kappa shape index (κ2) is 4.59. The molecule has 4 nitrogen and oxygen atoms in total. The topological polar surface area (TPSA) is 66.4 Å². The summed E-state index contributed by atoms with van der Waals surface area (Å²) in [6.45, 7) is 4.12. The molecular formula is C11H13NO3. The lowest BCUT2D eigenvalue weighted by atomic mass is 10.0. The SMILES string of the molecule is CC(C)c1ccc(NC(=O)C(=O)O)cc1. The van der Waals surface area contributed by atoms with E-state index in [0.717, 1.165) is 5.56 Å². The smallest absolute Gasteiger partial charge is 0.394 e. The fourth-order valence-electron chi connectivity index (χ4n) is 1.14. The van der Waals surface area contributed by atoms with Gasteiger partial charge in [0.1, 0.15) is 0 Å². The average Bonchev–Trinajstić information content (AvgIpc) is 2.18. The predicted octanol–water partition coefficient (Wildman–Crippen LogP) is 1.83. The number of carboxylic acid groups (broad SMARTS) is 1. The van der Waals surface area contributed by atoms with Gasteiger partial charge < -0.3 is 10.4 Å². The molecule has 0 radical (unpaired) electrons. The van der Waals surface area contributed by atoms with Crippen LogP contribution in [0.15, 0.2) is 24.3 Å². The third-order valence-electron chi connectivity index (χ3n) is 2.03. The van der Waals surface area contributed by atoms with Crippen molar-refractivity contribution in [2.75, 3.05) is 5.32 Å². The van der Waals surface area contributed by atoms with Crippen LogP contribution in [-0.2, 0) is 9.59 Å². The minimum absolute atomic E-state index is 0.411. The number of amides is 1. The molecule has 1 aromatic carbocycles. The summed E-state index contributed by atoms with van der Waals surface area (Å²) in [5.41, 5.74) is 1.63. The number of carbonyl (C=O) groups is 2. The van der Waals surface area contributed by atoms with E-state index in [9.17, 15) is 9.59 Å². The number of carbonyl (C=O) groups excluding carboxylic acids is 1. The quantitative estimate of drug-likeness (QED) is 0.727. The predicted molar refractivity (Wildman–Crippen MR) is 56.8 cm³/mol. The number of aliphatic carboxylic acids is 1. The highest BCUT2D eigenvalue weighted by Crippen LogP contribution is 2.16. The van der Waals surface area contributed by atoms with Gasteiger partial charge in [0, 0.05) is 5.69 Å². The third kappa shape index (κ3) is 3.09. The molecule has 80 valence electrons. The van der Waals surface area contributed by atoms with Crippen molar-refractivity contribution in [3.8, 4) is 0 Å². The molecule has 1 rings (SSSR count). The summed E-state index contributed by atoms with van der Waals surface area (Å²) in [4.78, 5) is 21.1. The van der Waals surface area contributed by atoms with Crippen molar-refractivity contribution < 1.29 is 14.7 Å². The lowest BCUT2D eigenvalue weighted by molar-refractivity contribution is -0.147. The zero-order valence-corrected chi connectivity index (χ0v) is 8.65. The van der Waals surface area contributed by atoms with Gasteiger partial charge in [0.15, 0.2) is 0 Å². The van der Waals surface area contributed by atoms with Crippen molar-refractivity contribution in [2.24, 2.45) is 0 Å². The van der Waals surface area contributed by atoms with Gasteiger partial charge in [0.05, 0.1) is 0 Å². The summed E-state index contributed by atoms with van der Waals surface area (Å²) >= 11 is 0. The maximum absolute atomic E-state index is 10.8. The molecule has 0 spiro atoms. The molecule has 0 saturated carbocycles. The lowest BCUT2D eigenvalue weighted by Gasteiger charge is -2.06. The Hall–Kier alpha value is -1.84. The van der Waals surface area contributed by atoms with E-state index in [-0.39, 0.29) is 0 Å². The van der Waals surface area contributed by atoms with E-state index in [1.807, 2.05) is 12.1 Å². The summed E-state index contributed by atoms with van der Waals surface area (Å²) in [6, 6.07) is 7.11. The van der Waals surface area contributed by atoms with E-state index in [2.05, 4.69) is 19.2 Å². The lowest BCUT2D eigenvalue weighted by Crippen LogP contribution is -2.21. The number of anilines is 1. The second-order valence-electron chi connectivity index (χ2n) is 3.54. The summed E-state index contributed by atoms with van der Waals surface area (Å²) in [5.74, 6) is -2.09. The Morgan fingerprint density at radius 1 is 1.20 bits per heavy atom. The van der Waals surface area contributed by atoms with Crippen molar-refractivity contribution in [1.29, 1.82) is 0 Å².